The summed E-state index contributed by atoms with van der Waals surface area (Å²) in [5.41, 5.74) is 0.813. The topological polar surface area (TPSA) is 108 Å². The average Bonchev–Trinajstić information content (AvgIpc) is 3.00. The van der Waals surface area contributed by atoms with Crippen LogP contribution >= 0.6 is 0 Å². The highest BCUT2D eigenvalue weighted by Gasteiger charge is 2.17. The lowest BCUT2D eigenvalue weighted by atomic mass is 10.2. The molecule has 0 aliphatic heterocycles. The lowest BCUT2D eigenvalue weighted by Crippen LogP contribution is -2.26. The Bertz CT molecular complexity index is 559. The molecule has 2 aromatic rings. The number of amides is 1. The van der Waals surface area contributed by atoms with E-state index < -0.39 is 11.9 Å². The number of furan rings is 1. The lowest BCUT2D eigenvalue weighted by Gasteiger charge is -2.10. The Labute approximate surface area is 102 Å². The van der Waals surface area contributed by atoms with Gasteiger partial charge < -0.3 is 14.8 Å². The maximum Gasteiger partial charge on any atom is 0.371 e. The molecular weight excluding hydrogens is 238 g/mol. The fourth-order valence-corrected chi connectivity index (χ4v) is 1.42. The van der Waals surface area contributed by atoms with Crippen molar-refractivity contribution < 1.29 is 19.1 Å². The summed E-state index contributed by atoms with van der Waals surface area (Å²) >= 11 is 0. The molecule has 0 radical (unpaired) electrons. The van der Waals surface area contributed by atoms with Gasteiger partial charge in [0.1, 0.15) is 0 Å². The zero-order valence-electron chi connectivity index (χ0n) is 9.51. The fraction of sp³-hybridized carbons (Fsp3) is 0.182. The Morgan fingerprint density at radius 2 is 2.17 bits per heavy atom. The van der Waals surface area contributed by atoms with Crippen LogP contribution in [0.2, 0.25) is 0 Å². The van der Waals surface area contributed by atoms with Gasteiger partial charge in [0, 0.05) is 11.8 Å². The molecule has 3 N–H and O–H groups in total. The first kappa shape index (κ1) is 11.9. The number of H-pyrrole nitrogens is 1. The second-order valence-corrected chi connectivity index (χ2v) is 3.70. The van der Waals surface area contributed by atoms with Gasteiger partial charge in [0.15, 0.2) is 5.76 Å². The highest BCUT2D eigenvalue weighted by atomic mass is 16.4. The van der Waals surface area contributed by atoms with E-state index in [1.165, 1.54) is 12.1 Å². The Balaban J connectivity index is 2.05. The number of carboxylic acid groups (broad SMARTS) is 1. The van der Waals surface area contributed by atoms with Crippen LogP contribution in [0.1, 0.15) is 39.6 Å². The second-order valence-electron chi connectivity index (χ2n) is 3.70. The third kappa shape index (κ3) is 2.40. The highest BCUT2D eigenvalue weighted by molar-refractivity contribution is 5.93. The van der Waals surface area contributed by atoms with Gasteiger partial charge in [-0.25, -0.2) is 4.79 Å². The van der Waals surface area contributed by atoms with Crippen molar-refractivity contribution in [1.82, 2.24) is 15.5 Å². The molecule has 1 atom stereocenters. The highest BCUT2D eigenvalue weighted by Crippen LogP contribution is 2.12. The Morgan fingerprint density at radius 3 is 2.72 bits per heavy atom. The zero-order chi connectivity index (χ0) is 13.1. The van der Waals surface area contributed by atoms with Crippen molar-refractivity contribution in [2.24, 2.45) is 0 Å². The average molecular weight is 249 g/mol. The molecule has 18 heavy (non-hydrogen) atoms. The monoisotopic (exact) mass is 249 g/mol. The molecule has 0 saturated carbocycles. The van der Waals surface area contributed by atoms with E-state index in [2.05, 4.69) is 15.5 Å². The molecule has 0 aromatic carbocycles. The number of aromatic carboxylic acids is 1. The number of carboxylic acids is 1. The number of hydrogen-bond donors (Lipinski definition) is 3. The number of nitrogens with one attached hydrogen (secondary N) is 2. The van der Waals surface area contributed by atoms with E-state index in [-0.39, 0.29) is 17.6 Å². The van der Waals surface area contributed by atoms with Gasteiger partial charge in [0.2, 0.25) is 5.76 Å². The number of carbonyl (C=O) groups is 2. The van der Waals surface area contributed by atoms with Gasteiger partial charge in [0.25, 0.3) is 5.91 Å². The number of nitrogens with zero attached hydrogens (tertiary/aromatic N) is 1. The molecule has 0 fully saturated rings. The predicted molar refractivity (Wildman–Crippen MR) is 60.1 cm³/mol. The normalized spacial score (nSPS) is 12.1. The number of aromatic nitrogens is 2. The van der Waals surface area contributed by atoms with Crippen molar-refractivity contribution in [1.29, 1.82) is 0 Å². The quantitative estimate of drug-likeness (QED) is 0.754. The number of carbonyl (C=O) groups excluding carboxylic acids is 1. The summed E-state index contributed by atoms with van der Waals surface area (Å²) in [6.07, 6.45) is 3.26. The minimum Gasteiger partial charge on any atom is -0.475 e. The van der Waals surface area contributed by atoms with Crippen molar-refractivity contribution in [3.63, 3.8) is 0 Å². The van der Waals surface area contributed by atoms with Crippen molar-refractivity contribution in [2.75, 3.05) is 0 Å². The number of rotatable bonds is 4. The van der Waals surface area contributed by atoms with Crippen LogP contribution in [0, 0.1) is 0 Å². The van der Waals surface area contributed by atoms with E-state index in [1.54, 1.807) is 19.3 Å². The van der Waals surface area contributed by atoms with E-state index in [4.69, 9.17) is 9.52 Å². The van der Waals surface area contributed by atoms with Crippen LogP contribution in [0.15, 0.2) is 28.9 Å². The Kier molecular flexibility index (Phi) is 3.13. The minimum atomic E-state index is -1.21. The first-order valence-electron chi connectivity index (χ1n) is 5.20. The van der Waals surface area contributed by atoms with Crippen LogP contribution in [0.5, 0.6) is 0 Å². The molecule has 94 valence electrons. The SMILES string of the molecule is CC(NC(=O)c1ccc(C(=O)O)o1)c1cn[nH]c1. The Morgan fingerprint density at radius 1 is 1.44 bits per heavy atom. The van der Waals surface area contributed by atoms with Gasteiger partial charge in [0.05, 0.1) is 12.2 Å². The van der Waals surface area contributed by atoms with E-state index >= 15 is 0 Å². The van der Waals surface area contributed by atoms with Crippen molar-refractivity contribution >= 4 is 11.9 Å². The molecule has 7 heteroatoms. The second kappa shape index (κ2) is 4.74. The molecule has 2 heterocycles. The molecule has 0 saturated heterocycles. The van der Waals surface area contributed by atoms with Crippen molar-refractivity contribution in [2.45, 2.75) is 13.0 Å². The van der Waals surface area contributed by atoms with E-state index in [9.17, 15) is 9.59 Å². The fourth-order valence-electron chi connectivity index (χ4n) is 1.42. The van der Waals surface area contributed by atoms with Crippen LogP contribution in [-0.2, 0) is 0 Å². The summed E-state index contributed by atoms with van der Waals surface area (Å²) in [6, 6.07) is 2.30. The van der Waals surface area contributed by atoms with Gasteiger partial charge >= 0.3 is 5.97 Å². The summed E-state index contributed by atoms with van der Waals surface area (Å²) in [5, 5.41) is 17.8. The van der Waals surface area contributed by atoms with Crippen LogP contribution in [0.3, 0.4) is 0 Å². The van der Waals surface area contributed by atoms with Crippen LogP contribution in [0.4, 0.5) is 0 Å². The maximum atomic E-state index is 11.8. The third-order valence-corrected chi connectivity index (χ3v) is 2.41. The largest absolute Gasteiger partial charge is 0.475 e. The van der Waals surface area contributed by atoms with Crippen LogP contribution < -0.4 is 5.32 Å². The summed E-state index contributed by atoms with van der Waals surface area (Å²) in [7, 11) is 0. The number of hydrogen-bond acceptors (Lipinski definition) is 4. The van der Waals surface area contributed by atoms with Gasteiger partial charge in [-0.2, -0.15) is 5.10 Å². The predicted octanol–water partition coefficient (Wildman–Crippen LogP) is 1.19. The molecular formula is C11H11N3O4. The summed E-state index contributed by atoms with van der Waals surface area (Å²) in [6.45, 7) is 1.78. The van der Waals surface area contributed by atoms with Crippen LogP contribution in [-0.4, -0.2) is 27.2 Å². The van der Waals surface area contributed by atoms with Gasteiger partial charge in [-0.15, -0.1) is 0 Å². The summed E-state index contributed by atoms with van der Waals surface area (Å²) in [4.78, 5) is 22.4. The standard InChI is InChI=1S/C11H11N3O4/c1-6(7-4-12-13-5-7)14-10(15)8-2-3-9(18-8)11(16)17/h2-6H,1H3,(H,12,13)(H,14,15)(H,16,17). The van der Waals surface area contributed by atoms with Gasteiger partial charge in [-0.05, 0) is 19.1 Å². The molecule has 0 aliphatic rings. The molecule has 1 unspecified atom stereocenters. The summed E-state index contributed by atoms with van der Waals surface area (Å²) in [5.74, 6) is -1.99. The smallest absolute Gasteiger partial charge is 0.371 e. The van der Waals surface area contributed by atoms with Gasteiger partial charge in [-0.1, -0.05) is 0 Å². The molecule has 0 aliphatic carbocycles. The summed E-state index contributed by atoms with van der Waals surface area (Å²) < 4.78 is 4.89. The first-order valence-corrected chi connectivity index (χ1v) is 5.20. The molecule has 1 amide bonds. The van der Waals surface area contributed by atoms with Gasteiger partial charge in [-0.3, -0.25) is 9.89 Å². The van der Waals surface area contributed by atoms with E-state index in [0.717, 1.165) is 5.56 Å². The maximum absolute atomic E-state index is 11.8. The number of aromatic amines is 1. The van der Waals surface area contributed by atoms with Crippen molar-refractivity contribution in [3.05, 3.63) is 41.6 Å². The first-order chi connectivity index (χ1) is 8.58. The minimum absolute atomic E-state index is 0.0391. The van der Waals surface area contributed by atoms with Crippen molar-refractivity contribution in [3.8, 4) is 0 Å². The zero-order valence-corrected chi connectivity index (χ0v) is 9.51. The molecule has 7 nitrogen and oxygen atoms in total. The Hall–Kier alpha value is -2.57. The molecule has 2 rings (SSSR count). The molecule has 2 aromatic heterocycles. The third-order valence-electron chi connectivity index (χ3n) is 2.41. The lowest BCUT2D eigenvalue weighted by molar-refractivity contribution is 0.0659. The van der Waals surface area contributed by atoms with E-state index in [0.29, 0.717) is 0 Å². The van der Waals surface area contributed by atoms with Crippen LogP contribution in [0.25, 0.3) is 0 Å². The molecule has 0 bridgehead atoms. The molecule has 0 spiro atoms. The van der Waals surface area contributed by atoms with E-state index in [1.807, 2.05) is 0 Å².